The third-order valence-corrected chi connectivity index (χ3v) is 14.3. The Kier molecular flexibility index (Phi) is 9.06. The van der Waals surface area contributed by atoms with Crippen LogP contribution in [-0.2, 0) is 23.6 Å². The molecule has 4 bridgehead atoms. The SMILES string of the molecule is C.CC1(C)[C@@H]2CC[C@@]1(C)c1[nH]n(-c3ccc(F)cc3F)c(=O)c12.CC1(C)[C@@H]2CC[C@@]1(C)c1c2c(=O)n(-c2ccc(F)cc2F)n1Cc1ccc(F)cc1C(F)(F)F. The number of halogens is 8. The summed E-state index contributed by atoms with van der Waals surface area (Å²) in [6.07, 6.45) is -1.39. The molecule has 2 fully saturated rings. The number of rotatable bonds is 4. The fraction of sp³-hybridized carbons (Fsp3) is 0.442. The van der Waals surface area contributed by atoms with E-state index in [1.807, 2.05) is 20.8 Å². The average Bonchev–Trinajstić information content (AvgIpc) is 3.82. The minimum Gasteiger partial charge on any atom is -0.294 e. The molecule has 2 heterocycles. The number of aromatic amines is 1. The van der Waals surface area contributed by atoms with Crippen LogP contribution >= 0.6 is 0 Å². The van der Waals surface area contributed by atoms with E-state index in [0.29, 0.717) is 29.8 Å². The summed E-state index contributed by atoms with van der Waals surface area (Å²) in [6.45, 7) is 12.1. The normalized spacial score (nSPS) is 24.5. The zero-order valence-corrected chi connectivity index (χ0v) is 31.6. The van der Waals surface area contributed by atoms with E-state index in [4.69, 9.17) is 0 Å². The van der Waals surface area contributed by atoms with Gasteiger partial charge in [-0.25, -0.2) is 31.3 Å². The first-order valence-electron chi connectivity index (χ1n) is 18.5. The van der Waals surface area contributed by atoms with Crippen molar-refractivity contribution in [3.05, 3.63) is 138 Å². The maximum absolute atomic E-state index is 14.8. The van der Waals surface area contributed by atoms with Crippen LogP contribution in [0.1, 0.15) is 120 Å². The van der Waals surface area contributed by atoms with Gasteiger partial charge in [0.15, 0.2) is 11.6 Å². The van der Waals surface area contributed by atoms with Crippen LogP contribution < -0.4 is 11.1 Å². The van der Waals surface area contributed by atoms with Gasteiger partial charge in [-0.3, -0.25) is 19.4 Å². The van der Waals surface area contributed by atoms with Gasteiger partial charge < -0.3 is 0 Å². The number of benzene rings is 3. The molecule has 4 aliphatic rings. The molecule has 2 saturated carbocycles. The summed E-state index contributed by atoms with van der Waals surface area (Å²) in [5.41, 5.74) is -0.599. The second kappa shape index (κ2) is 12.8. The topological polar surface area (TPSA) is 64.7 Å². The number of nitrogens with zero attached hydrogens (tertiary/aromatic N) is 3. The molecule has 0 unspecified atom stereocenters. The Morgan fingerprint density at radius 3 is 1.75 bits per heavy atom. The van der Waals surface area contributed by atoms with Gasteiger partial charge in [-0.1, -0.05) is 55.0 Å². The number of aromatic nitrogens is 4. The minimum atomic E-state index is -4.83. The predicted octanol–water partition coefficient (Wildman–Crippen LogP) is 10.6. The third-order valence-electron chi connectivity index (χ3n) is 14.3. The Hall–Kier alpha value is -4.88. The molecule has 5 aromatic rings. The smallest absolute Gasteiger partial charge is 0.294 e. The van der Waals surface area contributed by atoms with Gasteiger partial charge in [0.25, 0.3) is 11.1 Å². The van der Waals surface area contributed by atoms with Crippen LogP contribution in [0.15, 0.2) is 64.2 Å². The fourth-order valence-electron chi connectivity index (χ4n) is 10.5. The largest absolute Gasteiger partial charge is 0.416 e. The summed E-state index contributed by atoms with van der Waals surface area (Å²) in [4.78, 5) is 26.5. The van der Waals surface area contributed by atoms with Gasteiger partial charge in [-0.15, -0.1) is 0 Å². The van der Waals surface area contributed by atoms with Crippen molar-refractivity contribution in [2.45, 2.75) is 110 Å². The van der Waals surface area contributed by atoms with Crippen LogP contribution in [0.3, 0.4) is 0 Å². The zero-order valence-electron chi connectivity index (χ0n) is 31.6. The Labute approximate surface area is 324 Å². The molecule has 0 aliphatic heterocycles. The highest BCUT2D eigenvalue weighted by atomic mass is 19.4. The molecule has 9 rings (SSSR count). The summed E-state index contributed by atoms with van der Waals surface area (Å²) in [5, 5.41) is 3.11. The number of hydrogen-bond acceptors (Lipinski definition) is 2. The number of alkyl halides is 3. The van der Waals surface area contributed by atoms with Crippen LogP contribution in [-0.4, -0.2) is 19.1 Å². The Balaban J connectivity index is 0.000000186. The lowest BCUT2D eigenvalue weighted by molar-refractivity contribution is -0.138. The quantitative estimate of drug-likeness (QED) is 0.184. The number of nitrogens with one attached hydrogen (secondary N) is 1. The molecule has 4 aliphatic carbocycles. The second-order valence-electron chi connectivity index (χ2n) is 17.3. The van der Waals surface area contributed by atoms with Crippen molar-refractivity contribution in [3.63, 3.8) is 0 Å². The maximum Gasteiger partial charge on any atom is 0.416 e. The van der Waals surface area contributed by atoms with Gasteiger partial charge >= 0.3 is 6.18 Å². The summed E-state index contributed by atoms with van der Waals surface area (Å²) in [5.74, 6) is -4.23. The van der Waals surface area contributed by atoms with Crippen molar-refractivity contribution in [2.75, 3.05) is 0 Å². The first-order valence-corrected chi connectivity index (χ1v) is 18.5. The lowest BCUT2D eigenvalue weighted by Gasteiger charge is -2.36. The number of H-pyrrole nitrogens is 1. The van der Waals surface area contributed by atoms with Gasteiger partial charge in [0.2, 0.25) is 0 Å². The molecular weight excluding hydrogens is 756 g/mol. The van der Waals surface area contributed by atoms with Crippen molar-refractivity contribution >= 4 is 0 Å². The number of fused-ring (bicyclic) bond motifs is 10. The van der Waals surface area contributed by atoms with Gasteiger partial charge in [0.1, 0.15) is 28.8 Å². The lowest BCUT2D eigenvalue weighted by atomic mass is 9.70. The molecule has 2 aromatic heterocycles. The molecule has 3 aromatic carbocycles. The summed E-state index contributed by atoms with van der Waals surface area (Å²) >= 11 is 0. The van der Waals surface area contributed by atoms with E-state index >= 15 is 0 Å². The monoisotopic (exact) mass is 800 g/mol. The molecule has 0 amide bonds. The first kappa shape index (κ1) is 40.3. The first-order chi connectivity index (χ1) is 26.0. The predicted molar refractivity (Wildman–Crippen MR) is 200 cm³/mol. The second-order valence-corrected chi connectivity index (χ2v) is 17.3. The van der Waals surface area contributed by atoms with Crippen molar-refractivity contribution in [1.82, 2.24) is 19.1 Å². The molecule has 4 atom stereocenters. The van der Waals surface area contributed by atoms with E-state index in [2.05, 4.69) is 25.9 Å². The minimum absolute atomic E-state index is 0. The van der Waals surface area contributed by atoms with Crippen molar-refractivity contribution in [2.24, 2.45) is 10.8 Å². The molecule has 0 spiro atoms. The van der Waals surface area contributed by atoms with Crippen LogP contribution in [0.2, 0.25) is 0 Å². The molecule has 14 heteroatoms. The standard InChI is InChI=1S/C25H22F6N2O.C17H18F2N2O.CH4/c1-23(2)16-8-9-24(23,3)21-20(16)22(34)33(19-7-6-15(27)11-18(19)28)32(21)12-13-4-5-14(26)10-17(13)25(29,30)31;1-16(2)10-6-7-17(16,3)14-13(10)15(22)21(20-14)12-5-4-9(18)8-11(12)19;/h4-7,10-11,16H,8-9,12H2,1-3H3;4-5,8,10,20H,6-7H2,1-3H3;1H4/t16-,24+;10-,17+;/m11./s1. The van der Waals surface area contributed by atoms with E-state index in [1.54, 1.807) is 0 Å². The van der Waals surface area contributed by atoms with Gasteiger partial charge in [-0.2, -0.15) is 13.2 Å². The summed E-state index contributed by atoms with van der Waals surface area (Å²) in [6, 6.07) is 8.35. The summed E-state index contributed by atoms with van der Waals surface area (Å²) < 4.78 is 114. The van der Waals surface area contributed by atoms with Gasteiger partial charge in [0.05, 0.1) is 17.8 Å². The maximum atomic E-state index is 14.8. The van der Waals surface area contributed by atoms with Crippen LogP contribution in [0.25, 0.3) is 11.4 Å². The molecular formula is C43H44F8N4O2. The number of hydrogen-bond donors (Lipinski definition) is 1. The van der Waals surface area contributed by atoms with E-state index < -0.39 is 58.3 Å². The Bertz CT molecular complexity index is 2580. The van der Waals surface area contributed by atoms with Crippen molar-refractivity contribution < 1.29 is 35.1 Å². The highest BCUT2D eigenvalue weighted by molar-refractivity contribution is 5.49. The summed E-state index contributed by atoms with van der Waals surface area (Å²) in [7, 11) is 0. The molecule has 6 nitrogen and oxygen atoms in total. The van der Waals surface area contributed by atoms with E-state index in [-0.39, 0.29) is 58.0 Å². The highest BCUT2D eigenvalue weighted by Gasteiger charge is 2.63. The Morgan fingerprint density at radius 1 is 0.684 bits per heavy atom. The van der Waals surface area contributed by atoms with Crippen LogP contribution in [0.5, 0.6) is 0 Å². The molecule has 1 N–H and O–H groups in total. The average molecular weight is 801 g/mol. The van der Waals surface area contributed by atoms with Crippen LogP contribution in [0.4, 0.5) is 35.1 Å². The highest BCUT2D eigenvalue weighted by Crippen LogP contribution is 2.68. The van der Waals surface area contributed by atoms with E-state index in [0.717, 1.165) is 71.6 Å². The molecule has 0 radical (unpaired) electrons. The van der Waals surface area contributed by atoms with Crippen molar-refractivity contribution in [3.8, 4) is 11.4 Å². The molecule has 0 saturated heterocycles. The lowest BCUT2D eigenvalue weighted by Crippen LogP contribution is -2.36. The Morgan fingerprint density at radius 2 is 1.19 bits per heavy atom. The molecule has 304 valence electrons. The zero-order chi connectivity index (χ0) is 40.7. The third kappa shape index (κ3) is 5.47. The van der Waals surface area contributed by atoms with Gasteiger partial charge in [0, 0.05) is 39.8 Å². The van der Waals surface area contributed by atoms with E-state index in [9.17, 15) is 44.7 Å². The fourth-order valence-corrected chi connectivity index (χ4v) is 10.5. The molecule has 57 heavy (non-hydrogen) atoms. The van der Waals surface area contributed by atoms with Gasteiger partial charge in [-0.05, 0) is 90.3 Å². The van der Waals surface area contributed by atoms with Crippen LogP contribution in [0, 0.1) is 39.9 Å². The van der Waals surface area contributed by atoms with E-state index in [1.165, 1.54) is 15.4 Å². The van der Waals surface area contributed by atoms with Crippen molar-refractivity contribution in [1.29, 1.82) is 0 Å².